The molecule has 0 amide bonds. The van der Waals surface area contributed by atoms with Crippen molar-refractivity contribution in [3.63, 3.8) is 0 Å². The highest BCUT2D eigenvalue weighted by Gasteiger charge is 2.61. The Morgan fingerprint density at radius 1 is 0.542 bits per heavy atom. The lowest BCUT2D eigenvalue weighted by Crippen LogP contribution is -2.62. The highest BCUT2D eigenvalue weighted by molar-refractivity contribution is 7.87. The molecule has 0 bridgehead atoms. The van der Waals surface area contributed by atoms with Crippen molar-refractivity contribution in [3.8, 4) is 0 Å². The number of nitrogens with zero attached hydrogens (tertiary/aromatic N) is 4. The standard InChI is InChI=1S/C10H18N4O8S2/c1-11-5-6(12(2)23(11,15)16)20-10-9(19-5)21-7-8(22-10)14(4)24(17,18)13(7)3/h5-10H,1-4H3. The predicted octanol–water partition coefficient (Wildman–Crippen LogP) is -2.72. The maximum atomic E-state index is 12.2. The summed E-state index contributed by atoms with van der Waals surface area (Å²) in [6.07, 6.45) is -5.77. The number of rotatable bonds is 0. The van der Waals surface area contributed by atoms with Crippen molar-refractivity contribution < 1.29 is 35.8 Å². The van der Waals surface area contributed by atoms with Gasteiger partial charge in [0.05, 0.1) is 0 Å². The Hall–Kier alpha value is -0.420. The summed E-state index contributed by atoms with van der Waals surface area (Å²) in [6, 6.07) is 0. The van der Waals surface area contributed by atoms with Gasteiger partial charge in [0.2, 0.25) is 12.6 Å². The molecule has 4 saturated heterocycles. The molecule has 0 N–H and O–H groups in total. The average Bonchev–Trinajstić information content (AvgIpc) is 2.80. The van der Waals surface area contributed by atoms with E-state index in [1.165, 1.54) is 28.2 Å². The zero-order chi connectivity index (χ0) is 17.6. The summed E-state index contributed by atoms with van der Waals surface area (Å²) in [4.78, 5) is 0. The summed E-state index contributed by atoms with van der Waals surface area (Å²) < 4.78 is 75.5. The van der Waals surface area contributed by atoms with Crippen LogP contribution < -0.4 is 0 Å². The number of fused-ring (bicyclic) bond motifs is 3. The van der Waals surface area contributed by atoms with Crippen molar-refractivity contribution in [2.24, 2.45) is 0 Å². The molecule has 4 unspecified atom stereocenters. The first-order valence-electron chi connectivity index (χ1n) is 7.10. The van der Waals surface area contributed by atoms with Crippen LogP contribution in [0.15, 0.2) is 0 Å². The van der Waals surface area contributed by atoms with E-state index in [0.29, 0.717) is 0 Å². The Bertz CT molecular complexity index is 647. The van der Waals surface area contributed by atoms with Gasteiger partial charge in [-0.3, -0.25) is 0 Å². The van der Waals surface area contributed by atoms with Gasteiger partial charge >= 0.3 is 0 Å². The molecule has 12 nitrogen and oxygen atoms in total. The first-order valence-corrected chi connectivity index (χ1v) is 9.90. The average molecular weight is 386 g/mol. The van der Waals surface area contributed by atoms with Gasteiger partial charge in [0.1, 0.15) is 0 Å². The van der Waals surface area contributed by atoms with Gasteiger partial charge in [-0.1, -0.05) is 0 Å². The number of hydrogen-bond acceptors (Lipinski definition) is 8. The molecular weight excluding hydrogens is 368 g/mol. The molecule has 14 heteroatoms. The molecule has 4 fully saturated rings. The molecule has 24 heavy (non-hydrogen) atoms. The van der Waals surface area contributed by atoms with Crippen LogP contribution in [0.2, 0.25) is 0 Å². The van der Waals surface area contributed by atoms with E-state index in [2.05, 4.69) is 0 Å². The highest BCUT2D eigenvalue weighted by Crippen LogP contribution is 2.40. The topological polar surface area (TPSA) is 118 Å². The van der Waals surface area contributed by atoms with Crippen LogP contribution in [0.4, 0.5) is 0 Å². The monoisotopic (exact) mass is 386 g/mol. The van der Waals surface area contributed by atoms with E-state index in [0.717, 1.165) is 17.2 Å². The maximum absolute atomic E-state index is 12.2. The zero-order valence-electron chi connectivity index (χ0n) is 13.3. The Labute approximate surface area is 139 Å². The molecule has 4 heterocycles. The number of likely N-dealkylation sites (N-methyl/N-ethyl adjacent to an activating group) is 4. The third-order valence-electron chi connectivity index (χ3n) is 4.69. The fourth-order valence-electron chi connectivity index (χ4n) is 3.13. The lowest BCUT2D eigenvalue weighted by atomic mass is 10.3. The molecule has 4 aliphatic heterocycles. The van der Waals surface area contributed by atoms with Crippen molar-refractivity contribution in [3.05, 3.63) is 0 Å². The number of ether oxygens (including phenoxy) is 4. The van der Waals surface area contributed by atoms with Gasteiger partial charge in [-0.15, -0.1) is 0 Å². The first kappa shape index (κ1) is 17.0. The minimum atomic E-state index is -3.70. The second-order valence-electron chi connectivity index (χ2n) is 5.92. The molecule has 4 aliphatic rings. The molecule has 4 rings (SSSR count). The van der Waals surface area contributed by atoms with E-state index >= 15 is 0 Å². The Kier molecular flexibility index (Phi) is 3.59. The van der Waals surface area contributed by atoms with E-state index in [1.54, 1.807) is 0 Å². The van der Waals surface area contributed by atoms with Gasteiger partial charge in [0.15, 0.2) is 24.9 Å². The minimum absolute atomic E-state index is 0.914. The summed E-state index contributed by atoms with van der Waals surface area (Å²) >= 11 is 0. The van der Waals surface area contributed by atoms with Gasteiger partial charge in [0.25, 0.3) is 20.4 Å². The fraction of sp³-hybridized carbons (Fsp3) is 1.00. The van der Waals surface area contributed by atoms with Crippen molar-refractivity contribution in [2.45, 2.75) is 37.5 Å². The van der Waals surface area contributed by atoms with Crippen LogP contribution in [-0.4, -0.2) is 99.7 Å². The Balaban J connectivity index is 1.62. The number of hydrogen-bond donors (Lipinski definition) is 0. The van der Waals surface area contributed by atoms with Crippen LogP contribution in [0.1, 0.15) is 0 Å². The summed E-state index contributed by atoms with van der Waals surface area (Å²) in [5.74, 6) is 0. The lowest BCUT2D eigenvalue weighted by Gasteiger charge is -2.45. The van der Waals surface area contributed by atoms with Gasteiger partial charge < -0.3 is 18.9 Å². The summed E-state index contributed by atoms with van der Waals surface area (Å²) in [5, 5.41) is 0. The van der Waals surface area contributed by atoms with Gasteiger partial charge in [-0.2, -0.15) is 34.1 Å². The Morgan fingerprint density at radius 3 is 0.958 bits per heavy atom. The molecule has 0 aromatic rings. The second kappa shape index (κ2) is 5.06. The molecule has 138 valence electrons. The second-order valence-corrected chi connectivity index (χ2v) is 10.0. The van der Waals surface area contributed by atoms with Crippen molar-refractivity contribution in [2.75, 3.05) is 28.2 Å². The zero-order valence-corrected chi connectivity index (χ0v) is 15.0. The van der Waals surface area contributed by atoms with Crippen molar-refractivity contribution in [1.29, 1.82) is 0 Å². The van der Waals surface area contributed by atoms with Crippen LogP contribution >= 0.6 is 0 Å². The molecule has 0 spiro atoms. The van der Waals surface area contributed by atoms with Crippen LogP contribution in [0.5, 0.6) is 0 Å². The van der Waals surface area contributed by atoms with E-state index in [4.69, 9.17) is 18.9 Å². The lowest BCUT2D eigenvalue weighted by molar-refractivity contribution is -0.438. The summed E-state index contributed by atoms with van der Waals surface area (Å²) in [6.45, 7) is 0. The highest BCUT2D eigenvalue weighted by atomic mass is 32.2. The molecule has 0 saturated carbocycles. The molecule has 0 aliphatic carbocycles. The van der Waals surface area contributed by atoms with Gasteiger partial charge in [-0.25, -0.2) is 0 Å². The normalized spacial score (nSPS) is 48.8. The third kappa shape index (κ3) is 2.00. The predicted molar refractivity (Wildman–Crippen MR) is 76.0 cm³/mol. The molecule has 0 radical (unpaired) electrons. The van der Waals surface area contributed by atoms with E-state index < -0.39 is 57.9 Å². The maximum Gasteiger partial charge on any atom is 0.286 e. The SMILES string of the molecule is CN1C2OC3OC4C(OC3OC2N(C)S1(=O)=O)N(C)S(=O)(=O)N4C. The molecule has 0 aromatic carbocycles. The van der Waals surface area contributed by atoms with Crippen LogP contribution in [0.3, 0.4) is 0 Å². The molecular formula is C10H18N4O8S2. The molecule has 4 atom stereocenters. The first-order chi connectivity index (χ1) is 11.1. The van der Waals surface area contributed by atoms with Gasteiger partial charge in [-0.05, 0) is 0 Å². The van der Waals surface area contributed by atoms with E-state index in [-0.39, 0.29) is 0 Å². The summed E-state index contributed by atoms with van der Waals surface area (Å²) in [7, 11) is -1.93. The molecule has 0 aromatic heterocycles. The van der Waals surface area contributed by atoms with Crippen molar-refractivity contribution >= 4 is 20.4 Å². The van der Waals surface area contributed by atoms with Crippen LogP contribution in [0.25, 0.3) is 0 Å². The quantitative estimate of drug-likeness (QED) is 0.441. The van der Waals surface area contributed by atoms with Crippen LogP contribution in [0, 0.1) is 0 Å². The van der Waals surface area contributed by atoms with Crippen LogP contribution in [-0.2, 0) is 39.4 Å². The summed E-state index contributed by atoms with van der Waals surface area (Å²) in [5.41, 5.74) is 0. The largest absolute Gasteiger partial charge is 0.324 e. The third-order valence-corrected chi connectivity index (χ3v) is 8.44. The smallest absolute Gasteiger partial charge is 0.286 e. The van der Waals surface area contributed by atoms with Crippen molar-refractivity contribution in [1.82, 2.24) is 17.2 Å². The van der Waals surface area contributed by atoms with E-state index in [9.17, 15) is 16.8 Å². The van der Waals surface area contributed by atoms with E-state index in [1.807, 2.05) is 0 Å². The Morgan fingerprint density at radius 2 is 0.750 bits per heavy atom. The van der Waals surface area contributed by atoms with Gasteiger partial charge in [0, 0.05) is 28.2 Å². The minimum Gasteiger partial charge on any atom is -0.324 e. The fourth-order valence-corrected chi connectivity index (χ4v) is 5.61.